The van der Waals surface area contributed by atoms with Crippen molar-refractivity contribution in [2.75, 3.05) is 0 Å². The number of nitrogens with zero attached hydrogens (tertiary/aromatic N) is 2. The minimum absolute atomic E-state index is 0.0666. The Morgan fingerprint density at radius 3 is 2.03 bits per heavy atom. The fourth-order valence-electron chi connectivity index (χ4n) is 2.28. The molecule has 0 heterocycles. The van der Waals surface area contributed by atoms with Gasteiger partial charge in [-0.3, -0.25) is 9.76 Å². The number of nitrogens with one attached hydrogen (secondary N) is 1. The molecule has 3 rings (SSSR count). The van der Waals surface area contributed by atoms with Gasteiger partial charge in [0.25, 0.3) is 10.1 Å². The summed E-state index contributed by atoms with van der Waals surface area (Å²) < 4.78 is 29.6. The number of benzene rings is 3. The van der Waals surface area contributed by atoms with E-state index in [1.807, 2.05) is 49.4 Å². The van der Waals surface area contributed by atoms with Gasteiger partial charge in [0.1, 0.15) is 0 Å². The standard InChI is InChI=1S/C14H14N4O.C7H8O3S/c15-14(18-19)17-16-10-11-6-8-13(9-7-11)12-4-2-1-3-5-12;1-6-2-4-7(5-3-6)11(8,9)10/h1-10,19H,(H3,15,17,18);2-5H,1H3,(H,8,9,10)/b16-10+;. The predicted molar refractivity (Wildman–Crippen MR) is 117 cm³/mol. The van der Waals surface area contributed by atoms with Crippen LogP contribution in [0.25, 0.3) is 11.1 Å². The van der Waals surface area contributed by atoms with Gasteiger partial charge in [0.15, 0.2) is 0 Å². The van der Waals surface area contributed by atoms with Gasteiger partial charge in [-0.2, -0.15) is 13.5 Å². The number of hydrogen-bond donors (Lipinski definition) is 4. The highest BCUT2D eigenvalue weighted by Crippen LogP contribution is 2.18. The zero-order chi connectivity index (χ0) is 22.0. The van der Waals surface area contributed by atoms with Gasteiger partial charge < -0.3 is 5.73 Å². The minimum Gasteiger partial charge on any atom is -0.367 e. The van der Waals surface area contributed by atoms with Crippen LogP contribution in [-0.4, -0.2) is 30.4 Å². The number of rotatable bonds is 4. The van der Waals surface area contributed by atoms with Crippen LogP contribution in [0.15, 0.2) is 94.0 Å². The van der Waals surface area contributed by atoms with Crippen LogP contribution in [-0.2, 0) is 10.1 Å². The van der Waals surface area contributed by atoms with Crippen molar-refractivity contribution in [2.45, 2.75) is 11.8 Å². The largest absolute Gasteiger partial charge is 0.367 e. The second-order valence-corrected chi connectivity index (χ2v) is 7.54. The number of aryl methyl sites for hydroxylation is 1. The zero-order valence-corrected chi connectivity index (χ0v) is 17.0. The molecule has 0 saturated carbocycles. The fourth-order valence-corrected chi connectivity index (χ4v) is 2.76. The summed E-state index contributed by atoms with van der Waals surface area (Å²) in [4.78, 5) is -0.0666. The van der Waals surface area contributed by atoms with E-state index in [0.29, 0.717) is 0 Å². The predicted octanol–water partition coefficient (Wildman–Crippen LogP) is 3.22. The average Bonchev–Trinajstić information content (AvgIpc) is 2.75. The fraction of sp³-hybridized carbons (Fsp3) is 0.0476. The summed E-state index contributed by atoms with van der Waals surface area (Å²) in [6, 6.07) is 24.0. The normalized spacial score (nSPS) is 11.6. The van der Waals surface area contributed by atoms with Crippen LogP contribution in [0.5, 0.6) is 0 Å². The molecule has 3 aromatic carbocycles. The lowest BCUT2D eigenvalue weighted by Gasteiger charge is -2.01. The molecule has 0 aliphatic heterocycles. The molecule has 0 atom stereocenters. The molecule has 30 heavy (non-hydrogen) atoms. The van der Waals surface area contributed by atoms with Gasteiger partial charge in [0.05, 0.1) is 11.1 Å². The van der Waals surface area contributed by atoms with Crippen LogP contribution < -0.4 is 11.2 Å². The first-order valence-electron chi connectivity index (χ1n) is 8.76. The second kappa shape index (κ2) is 10.9. The molecule has 0 spiro atoms. The molecule has 9 heteroatoms. The number of hydroxylamine groups is 1. The smallest absolute Gasteiger partial charge is 0.294 e. The Morgan fingerprint density at radius 2 is 1.50 bits per heavy atom. The van der Waals surface area contributed by atoms with Crippen LogP contribution in [0, 0.1) is 6.92 Å². The summed E-state index contributed by atoms with van der Waals surface area (Å²) >= 11 is 0. The summed E-state index contributed by atoms with van der Waals surface area (Å²) in [5, 5.41) is 15.7. The third kappa shape index (κ3) is 7.47. The quantitative estimate of drug-likeness (QED) is 0.219. The third-order valence-corrected chi connectivity index (χ3v) is 4.69. The Bertz CT molecular complexity index is 1100. The highest BCUT2D eigenvalue weighted by Gasteiger charge is 2.06. The molecule has 0 radical (unpaired) electrons. The molecular weight excluding hydrogens is 404 g/mol. The molecule has 0 unspecified atom stereocenters. The zero-order valence-electron chi connectivity index (χ0n) is 16.2. The lowest BCUT2D eigenvalue weighted by Crippen LogP contribution is -2.27. The molecule has 8 nitrogen and oxygen atoms in total. The Morgan fingerprint density at radius 1 is 0.933 bits per heavy atom. The number of hydrogen-bond acceptors (Lipinski definition) is 5. The Hall–Kier alpha value is -3.53. The molecular formula is C21H22N4O4S. The lowest BCUT2D eigenvalue weighted by atomic mass is 10.0. The first kappa shape index (κ1) is 22.8. The topological polar surface area (TPSA) is 137 Å². The average molecular weight is 426 g/mol. The highest BCUT2D eigenvalue weighted by molar-refractivity contribution is 7.85. The molecule has 0 amide bonds. The van der Waals surface area contributed by atoms with Crippen molar-refractivity contribution in [1.29, 1.82) is 0 Å². The van der Waals surface area contributed by atoms with E-state index in [4.69, 9.17) is 15.5 Å². The van der Waals surface area contributed by atoms with E-state index in [1.165, 1.54) is 12.1 Å². The Balaban J connectivity index is 0.000000248. The molecule has 156 valence electrons. The molecule has 0 aliphatic carbocycles. The van der Waals surface area contributed by atoms with Gasteiger partial charge in [-0.25, -0.2) is 5.48 Å². The summed E-state index contributed by atoms with van der Waals surface area (Å²) in [6.07, 6.45) is 1.55. The maximum absolute atomic E-state index is 10.5. The van der Waals surface area contributed by atoms with Gasteiger partial charge in [0.2, 0.25) is 5.96 Å². The third-order valence-electron chi connectivity index (χ3n) is 3.82. The van der Waals surface area contributed by atoms with E-state index in [-0.39, 0.29) is 10.9 Å². The van der Waals surface area contributed by atoms with E-state index in [2.05, 4.69) is 22.3 Å². The van der Waals surface area contributed by atoms with E-state index in [0.717, 1.165) is 22.3 Å². The molecule has 0 aliphatic rings. The van der Waals surface area contributed by atoms with Crippen LogP contribution in [0.1, 0.15) is 11.1 Å². The van der Waals surface area contributed by atoms with Crippen molar-refractivity contribution < 1.29 is 18.2 Å². The maximum Gasteiger partial charge on any atom is 0.294 e. The number of guanidine groups is 1. The molecule has 0 aromatic heterocycles. The summed E-state index contributed by atoms with van der Waals surface area (Å²) in [7, 11) is -4.02. The maximum atomic E-state index is 10.5. The van der Waals surface area contributed by atoms with Gasteiger partial charge >= 0.3 is 0 Å². The van der Waals surface area contributed by atoms with E-state index >= 15 is 0 Å². The lowest BCUT2D eigenvalue weighted by molar-refractivity contribution is 0.232. The second-order valence-electron chi connectivity index (χ2n) is 6.12. The van der Waals surface area contributed by atoms with E-state index in [1.54, 1.807) is 23.8 Å². The highest BCUT2D eigenvalue weighted by atomic mass is 32.2. The van der Waals surface area contributed by atoms with Gasteiger partial charge in [-0.05, 0) is 35.7 Å². The van der Waals surface area contributed by atoms with Crippen molar-refractivity contribution in [3.8, 4) is 11.1 Å². The minimum atomic E-state index is -4.02. The molecule has 0 bridgehead atoms. The van der Waals surface area contributed by atoms with Crippen LogP contribution >= 0.6 is 0 Å². The van der Waals surface area contributed by atoms with Gasteiger partial charge in [-0.15, -0.1) is 5.10 Å². The molecule has 3 aromatic rings. The van der Waals surface area contributed by atoms with Crippen LogP contribution in [0.4, 0.5) is 0 Å². The molecule has 5 N–H and O–H groups in total. The van der Waals surface area contributed by atoms with Crippen LogP contribution in [0.3, 0.4) is 0 Å². The van der Waals surface area contributed by atoms with Crippen LogP contribution in [0.2, 0.25) is 0 Å². The summed E-state index contributed by atoms with van der Waals surface area (Å²) in [5.74, 6) is -0.155. The van der Waals surface area contributed by atoms with Gasteiger partial charge in [0, 0.05) is 0 Å². The first-order valence-corrected chi connectivity index (χ1v) is 10.2. The molecule has 0 saturated heterocycles. The monoisotopic (exact) mass is 426 g/mol. The van der Waals surface area contributed by atoms with Crippen molar-refractivity contribution >= 4 is 22.3 Å². The molecule has 0 fully saturated rings. The van der Waals surface area contributed by atoms with Gasteiger partial charge in [-0.1, -0.05) is 72.3 Å². The Labute approximate surface area is 175 Å². The van der Waals surface area contributed by atoms with E-state index < -0.39 is 10.1 Å². The summed E-state index contributed by atoms with van der Waals surface area (Å²) in [6.45, 7) is 1.84. The van der Waals surface area contributed by atoms with E-state index in [9.17, 15) is 8.42 Å². The van der Waals surface area contributed by atoms with Crippen molar-refractivity contribution in [1.82, 2.24) is 5.48 Å². The summed E-state index contributed by atoms with van der Waals surface area (Å²) in [5.41, 5.74) is 11.1. The van der Waals surface area contributed by atoms with Crippen molar-refractivity contribution in [2.24, 2.45) is 15.9 Å². The SMILES string of the molecule is Cc1ccc(S(=O)(=O)O)cc1.NC(=N/N=C/c1ccc(-c2ccccc2)cc1)NO. The van der Waals surface area contributed by atoms with Crippen molar-refractivity contribution in [3.05, 3.63) is 90.0 Å². The Kier molecular flexibility index (Phi) is 8.24. The first-order chi connectivity index (χ1) is 14.3. The van der Waals surface area contributed by atoms with Crippen molar-refractivity contribution in [3.63, 3.8) is 0 Å². The number of nitrogens with two attached hydrogens (primary N) is 1.